The number of halogens is 1. The molecule has 0 unspecified atom stereocenters. The van der Waals surface area contributed by atoms with E-state index in [-0.39, 0.29) is 13.1 Å². The SMILES string of the molecule is COC(=O)CN(C)CC(=O)OB(C)c1cccc(Br)n1. The molecular formula is C12H16BBrN2O4. The van der Waals surface area contributed by atoms with Gasteiger partial charge in [0.15, 0.2) is 0 Å². The van der Waals surface area contributed by atoms with Gasteiger partial charge in [-0.1, -0.05) is 6.07 Å². The highest BCUT2D eigenvalue weighted by Gasteiger charge is 2.20. The van der Waals surface area contributed by atoms with Crippen molar-refractivity contribution < 1.29 is 19.0 Å². The van der Waals surface area contributed by atoms with Crippen molar-refractivity contribution in [2.75, 3.05) is 27.2 Å². The number of rotatable bonds is 6. The lowest BCUT2D eigenvalue weighted by molar-refractivity contribution is -0.142. The van der Waals surface area contributed by atoms with E-state index in [0.717, 1.165) is 0 Å². The van der Waals surface area contributed by atoms with Crippen molar-refractivity contribution >= 4 is 40.4 Å². The second kappa shape index (κ2) is 8.01. The topological polar surface area (TPSA) is 68.7 Å². The number of hydrogen-bond donors (Lipinski definition) is 0. The van der Waals surface area contributed by atoms with Crippen molar-refractivity contribution in [3.05, 3.63) is 22.8 Å². The number of ether oxygens (including phenoxy) is 1. The van der Waals surface area contributed by atoms with Crippen LogP contribution in [-0.4, -0.2) is 56.0 Å². The Morgan fingerprint density at radius 3 is 2.60 bits per heavy atom. The summed E-state index contributed by atoms with van der Waals surface area (Å²) < 4.78 is 10.5. The molecule has 0 radical (unpaired) electrons. The van der Waals surface area contributed by atoms with Gasteiger partial charge in [-0.05, 0) is 41.9 Å². The van der Waals surface area contributed by atoms with Gasteiger partial charge in [0.05, 0.1) is 25.8 Å². The number of pyridine rings is 1. The largest absolute Gasteiger partial charge is 0.529 e. The lowest BCUT2D eigenvalue weighted by atomic mass is 9.67. The average Bonchev–Trinajstić information content (AvgIpc) is 2.37. The summed E-state index contributed by atoms with van der Waals surface area (Å²) in [6, 6.07) is 5.39. The first-order valence-electron chi connectivity index (χ1n) is 5.99. The molecule has 0 aliphatic carbocycles. The number of methoxy groups -OCH3 is 1. The monoisotopic (exact) mass is 342 g/mol. The van der Waals surface area contributed by atoms with E-state index in [0.29, 0.717) is 10.2 Å². The fourth-order valence-corrected chi connectivity index (χ4v) is 1.86. The molecule has 0 saturated heterocycles. The molecule has 0 aliphatic heterocycles. The predicted molar refractivity (Wildman–Crippen MR) is 78.8 cm³/mol. The fraction of sp³-hybridized carbons (Fsp3) is 0.417. The summed E-state index contributed by atoms with van der Waals surface area (Å²) in [4.78, 5) is 28.5. The lowest BCUT2D eigenvalue weighted by Crippen LogP contribution is -2.39. The van der Waals surface area contributed by atoms with E-state index in [1.807, 2.05) is 6.07 Å². The van der Waals surface area contributed by atoms with Crippen LogP contribution < -0.4 is 5.59 Å². The Bertz CT molecular complexity index is 486. The zero-order valence-corrected chi connectivity index (χ0v) is 13.2. The van der Waals surface area contributed by atoms with Crippen LogP contribution in [0.4, 0.5) is 0 Å². The highest BCUT2D eigenvalue weighted by atomic mass is 79.9. The zero-order chi connectivity index (χ0) is 15.1. The van der Waals surface area contributed by atoms with Crippen molar-refractivity contribution in [1.82, 2.24) is 9.88 Å². The number of aromatic nitrogens is 1. The maximum atomic E-state index is 11.7. The second-order valence-electron chi connectivity index (χ2n) is 4.27. The molecule has 1 aromatic heterocycles. The molecule has 0 atom stereocenters. The van der Waals surface area contributed by atoms with E-state index in [9.17, 15) is 9.59 Å². The smallest absolute Gasteiger partial charge is 0.410 e. The first-order valence-corrected chi connectivity index (χ1v) is 6.79. The number of esters is 1. The summed E-state index contributed by atoms with van der Waals surface area (Å²) in [5, 5.41) is 0. The second-order valence-corrected chi connectivity index (χ2v) is 5.08. The number of carbonyl (C=O) groups excluding carboxylic acids is 2. The third-order valence-corrected chi connectivity index (χ3v) is 2.93. The molecule has 0 aromatic carbocycles. The minimum absolute atomic E-state index is 0.00738. The summed E-state index contributed by atoms with van der Waals surface area (Å²) in [5.41, 5.74) is 0.656. The highest BCUT2D eigenvalue weighted by molar-refractivity contribution is 9.10. The molecule has 0 bridgehead atoms. The van der Waals surface area contributed by atoms with Crippen LogP contribution in [0.15, 0.2) is 22.8 Å². The third kappa shape index (κ3) is 5.71. The van der Waals surface area contributed by atoms with Crippen LogP contribution in [0.25, 0.3) is 0 Å². The molecule has 1 heterocycles. The molecular weight excluding hydrogens is 327 g/mol. The molecule has 0 saturated carbocycles. The van der Waals surface area contributed by atoms with Gasteiger partial charge >= 0.3 is 18.9 Å². The van der Waals surface area contributed by atoms with E-state index in [1.165, 1.54) is 12.0 Å². The maximum absolute atomic E-state index is 11.7. The maximum Gasteiger partial charge on any atom is 0.410 e. The molecule has 0 amide bonds. The van der Waals surface area contributed by atoms with Gasteiger partial charge in [0, 0.05) is 0 Å². The number of carbonyl (C=O) groups is 2. The van der Waals surface area contributed by atoms with Crippen molar-refractivity contribution in [3.63, 3.8) is 0 Å². The van der Waals surface area contributed by atoms with Crippen LogP contribution in [0.5, 0.6) is 0 Å². The Kier molecular flexibility index (Phi) is 6.67. The summed E-state index contributed by atoms with van der Waals surface area (Å²) in [5.74, 6) is -0.826. The highest BCUT2D eigenvalue weighted by Crippen LogP contribution is 2.02. The lowest BCUT2D eigenvalue weighted by Gasteiger charge is -2.16. The first kappa shape index (κ1) is 16.6. The van der Waals surface area contributed by atoms with Crippen molar-refractivity contribution in [2.24, 2.45) is 0 Å². The van der Waals surface area contributed by atoms with Gasteiger partial charge in [-0.15, -0.1) is 0 Å². The minimum atomic E-state index is -0.452. The Labute approximate surface area is 126 Å². The van der Waals surface area contributed by atoms with Gasteiger partial charge in [0.25, 0.3) is 0 Å². The van der Waals surface area contributed by atoms with Crippen LogP contribution >= 0.6 is 15.9 Å². The van der Waals surface area contributed by atoms with Gasteiger partial charge in [-0.2, -0.15) is 0 Å². The van der Waals surface area contributed by atoms with Gasteiger partial charge in [0.1, 0.15) is 4.60 Å². The third-order valence-electron chi connectivity index (χ3n) is 2.49. The average molecular weight is 343 g/mol. The molecule has 108 valence electrons. The van der Waals surface area contributed by atoms with Crippen LogP contribution in [0, 0.1) is 0 Å². The Morgan fingerprint density at radius 2 is 2.00 bits per heavy atom. The fourth-order valence-electron chi connectivity index (χ4n) is 1.51. The van der Waals surface area contributed by atoms with Gasteiger partial charge < -0.3 is 9.39 Å². The van der Waals surface area contributed by atoms with Crippen LogP contribution in [0.3, 0.4) is 0 Å². The molecule has 1 rings (SSSR count). The molecule has 0 fully saturated rings. The van der Waals surface area contributed by atoms with Crippen LogP contribution in [0.1, 0.15) is 0 Å². The molecule has 20 heavy (non-hydrogen) atoms. The molecule has 6 nitrogen and oxygen atoms in total. The molecule has 0 spiro atoms. The normalized spacial score (nSPS) is 10.2. The van der Waals surface area contributed by atoms with Crippen molar-refractivity contribution in [3.8, 4) is 0 Å². The summed E-state index contributed by atoms with van der Waals surface area (Å²) in [6.07, 6.45) is 0. The van der Waals surface area contributed by atoms with E-state index >= 15 is 0 Å². The van der Waals surface area contributed by atoms with E-state index in [1.54, 1.807) is 26.0 Å². The summed E-state index contributed by atoms with van der Waals surface area (Å²) in [6.45, 7) is 1.33. The van der Waals surface area contributed by atoms with E-state index < -0.39 is 18.9 Å². The molecule has 0 N–H and O–H groups in total. The Balaban J connectivity index is 2.47. The number of hydrogen-bond acceptors (Lipinski definition) is 6. The van der Waals surface area contributed by atoms with Crippen LogP contribution in [0.2, 0.25) is 6.82 Å². The number of nitrogens with zero attached hydrogens (tertiary/aromatic N) is 2. The Morgan fingerprint density at radius 1 is 1.35 bits per heavy atom. The van der Waals surface area contributed by atoms with E-state index in [2.05, 4.69) is 25.7 Å². The quantitative estimate of drug-likeness (QED) is 0.421. The van der Waals surface area contributed by atoms with Gasteiger partial charge in [0.2, 0.25) is 0 Å². The molecule has 1 aromatic rings. The van der Waals surface area contributed by atoms with Crippen LogP contribution in [-0.2, 0) is 19.0 Å². The summed E-state index contributed by atoms with van der Waals surface area (Å²) in [7, 11) is 2.94. The zero-order valence-electron chi connectivity index (χ0n) is 11.6. The van der Waals surface area contributed by atoms with Gasteiger partial charge in [-0.25, -0.2) is 0 Å². The molecule has 0 aliphatic rings. The van der Waals surface area contributed by atoms with Gasteiger partial charge in [-0.3, -0.25) is 19.5 Å². The van der Waals surface area contributed by atoms with Crippen molar-refractivity contribution in [1.29, 1.82) is 0 Å². The summed E-state index contributed by atoms with van der Waals surface area (Å²) >= 11 is 3.26. The van der Waals surface area contributed by atoms with Crippen molar-refractivity contribution in [2.45, 2.75) is 6.82 Å². The molecule has 8 heteroatoms. The minimum Gasteiger partial charge on any atom is -0.529 e. The van der Waals surface area contributed by atoms with E-state index in [4.69, 9.17) is 4.65 Å². The number of likely N-dealkylation sites (N-methyl/N-ethyl adjacent to an activating group) is 1. The predicted octanol–water partition coefficient (Wildman–Crippen LogP) is 0.320. The standard InChI is InChI=1S/C12H16BBrN2O4/c1-13(9-5-4-6-10(14)15-9)20-12(18)8-16(2)7-11(17)19-3/h4-6H,7-8H2,1-3H3. The Hall–Kier alpha value is -1.41. The first-order chi connectivity index (χ1) is 9.42.